The van der Waals surface area contributed by atoms with Crippen molar-refractivity contribution in [3.8, 4) is 0 Å². The summed E-state index contributed by atoms with van der Waals surface area (Å²) in [5, 5.41) is 9.50. The molecule has 1 unspecified atom stereocenters. The van der Waals surface area contributed by atoms with Crippen molar-refractivity contribution in [2.75, 3.05) is 0 Å². The summed E-state index contributed by atoms with van der Waals surface area (Å²) >= 11 is 0. The average Bonchev–Trinajstić information content (AvgIpc) is 2.02. The van der Waals surface area contributed by atoms with Gasteiger partial charge in [-0.25, -0.2) is 0 Å². The lowest BCUT2D eigenvalue weighted by atomic mass is 9.70. The zero-order valence-corrected chi connectivity index (χ0v) is 6.62. The van der Waals surface area contributed by atoms with E-state index >= 15 is 0 Å². The molecule has 2 bridgehead atoms. The van der Waals surface area contributed by atoms with Crippen LogP contribution in [-0.2, 0) is 4.79 Å². The van der Waals surface area contributed by atoms with Crippen molar-refractivity contribution < 1.29 is 9.90 Å². The zero-order chi connectivity index (χ0) is 7.84. The SMILES string of the molecule is O=C1CC[C@H]2C[C@@H]1CCC2O. The van der Waals surface area contributed by atoms with E-state index in [4.69, 9.17) is 0 Å². The van der Waals surface area contributed by atoms with E-state index in [0.29, 0.717) is 24.0 Å². The van der Waals surface area contributed by atoms with Gasteiger partial charge in [0.15, 0.2) is 0 Å². The molecule has 62 valence electrons. The van der Waals surface area contributed by atoms with Crippen molar-refractivity contribution in [1.29, 1.82) is 0 Å². The highest BCUT2D eigenvalue weighted by molar-refractivity contribution is 5.81. The van der Waals surface area contributed by atoms with Gasteiger partial charge in [-0.3, -0.25) is 4.79 Å². The number of rotatable bonds is 0. The van der Waals surface area contributed by atoms with Gasteiger partial charge in [-0.05, 0) is 31.6 Å². The molecule has 2 aliphatic carbocycles. The molecule has 2 rings (SSSR count). The Bertz CT molecular complexity index is 176. The molecular formula is C9H14O2. The number of hydrogen-bond acceptors (Lipinski definition) is 2. The van der Waals surface area contributed by atoms with Crippen LogP contribution in [0.25, 0.3) is 0 Å². The van der Waals surface area contributed by atoms with Gasteiger partial charge in [-0.15, -0.1) is 0 Å². The van der Waals surface area contributed by atoms with Gasteiger partial charge in [0.2, 0.25) is 0 Å². The van der Waals surface area contributed by atoms with Gasteiger partial charge in [0.25, 0.3) is 0 Å². The van der Waals surface area contributed by atoms with Crippen molar-refractivity contribution >= 4 is 5.78 Å². The lowest BCUT2D eigenvalue weighted by molar-refractivity contribution is -0.129. The fourth-order valence-corrected chi connectivity index (χ4v) is 2.38. The van der Waals surface area contributed by atoms with Gasteiger partial charge >= 0.3 is 0 Å². The number of aliphatic hydroxyl groups is 1. The average molecular weight is 154 g/mol. The smallest absolute Gasteiger partial charge is 0.136 e. The van der Waals surface area contributed by atoms with Crippen LogP contribution in [0.3, 0.4) is 0 Å². The van der Waals surface area contributed by atoms with E-state index < -0.39 is 0 Å². The molecule has 11 heavy (non-hydrogen) atoms. The molecular weight excluding hydrogens is 140 g/mol. The Hall–Kier alpha value is -0.370. The minimum Gasteiger partial charge on any atom is -0.393 e. The van der Waals surface area contributed by atoms with E-state index in [1.807, 2.05) is 0 Å². The highest BCUT2D eigenvalue weighted by Gasteiger charge is 2.36. The fourth-order valence-electron chi connectivity index (χ4n) is 2.38. The molecule has 2 heteroatoms. The topological polar surface area (TPSA) is 37.3 Å². The second-order valence-electron chi connectivity index (χ2n) is 3.84. The van der Waals surface area contributed by atoms with Crippen molar-refractivity contribution in [2.45, 2.75) is 38.2 Å². The van der Waals surface area contributed by atoms with Gasteiger partial charge in [0.1, 0.15) is 5.78 Å². The molecule has 2 nitrogen and oxygen atoms in total. The molecule has 0 amide bonds. The summed E-state index contributed by atoms with van der Waals surface area (Å²) in [6, 6.07) is 0. The molecule has 0 heterocycles. The van der Waals surface area contributed by atoms with Crippen LogP contribution in [0.5, 0.6) is 0 Å². The van der Waals surface area contributed by atoms with Crippen LogP contribution in [0.2, 0.25) is 0 Å². The number of aliphatic hydroxyl groups excluding tert-OH is 1. The van der Waals surface area contributed by atoms with Crippen molar-refractivity contribution in [3.05, 3.63) is 0 Å². The maximum absolute atomic E-state index is 11.2. The molecule has 0 aromatic heterocycles. The lowest BCUT2D eigenvalue weighted by Crippen LogP contribution is -2.36. The van der Waals surface area contributed by atoms with Crippen LogP contribution in [0.1, 0.15) is 32.1 Å². The molecule has 0 radical (unpaired) electrons. The first-order valence-electron chi connectivity index (χ1n) is 4.48. The Morgan fingerprint density at radius 2 is 2.09 bits per heavy atom. The maximum Gasteiger partial charge on any atom is 0.136 e. The highest BCUT2D eigenvalue weighted by atomic mass is 16.3. The van der Waals surface area contributed by atoms with Crippen LogP contribution < -0.4 is 0 Å². The number of ketones is 1. The van der Waals surface area contributed by atoms with Crippen LogP contribution in [0, 0.1) is 11.8 Å². The molecule has 0 spiro atoms. The van der Waals surface area contributed by atoms with Gasteiger partial charge in [0, 0.05) is 12.3 Å². The predicted molar refractivity (Wildman–Crippen MR) is 41.1 cm³/mol. The molecule has 3 atom stereocenters. The molecule has 0 aromatic rings. The number of hydrogen-bond donors (Lipinski definition) is 1. The first kappa shape index (κ1) is 7.29. The Labute approximate surface area is 66.6 Å². The minimum atomic E-state index is -0.112. The van der Waals surface area contributed by atoms with Gasteiger partial charge < -0.3 is 5.11 Å². The number of fused-ring (bicyclic) bond motifs is 2. The number of carbonyl (C=O) groups is 1. The monoisotopic (exact) mass is 154 g/mol. The van der Waals surface area contributed by atoms with Crippen LogP contribution in [-0.4, -0.2) is 17.0 Å². The van der Waals surface area contributed by atoms with E-state index in [9.17, 15) is 9.90 Å². The van der Waals surface area contributed by atoms with E-state index in [2.05, 4.69) is 0 Å². The Morgan fingerprint density at radius 3 is 2.91 bits per heavy atom. The predicted octanol–water partition coefficient (Wildman–Crippen LogP) is 1.13. The second-order valence-corrected chi connectivity index (χ2v) is 3.84. The van der Waals surface area contributed by atoms with E-state index in [1.165, 1.54) is 0 Å². The van der Waals surface area contributed by atoms with Crippen molar-refractivity contribution in [3.63, 3.8) is 0 Å². The number of carbonyl (C=O) groups excluding carboxylic acids is 1. The summed E-state index contributed by atoms with van der Waals surface area (Å²) in [5.74, 6) is 1.18. The first-order valence-corrected chi connectivity index (χ1v) is 4.48. The molecule has 2 aliphatic rings. The van der Waals surface area contributed by atoms with Gasteiger partial charge in [-0.2, -0.15) is 0 Å². The fraction of sp³-hybridized carbons (Fsp3) is 0.889. The summed E-state index contributed by atoms with van der Waals surface area (Å²) in [7, 11) is 0. The van der Waals surface area contributed by atoms with Crippen LogP contribution in [0.4, 0.5) is 0 Å². The summed E-state index contributed by atoms with van der Waals surface area (Å²) < 4.78 is 0. The zero-order valence-electron chi connectivity index (χ0n) is 6.62. The third-order valence-corrected chi connectivity index (χ3v) is 3.16. The summed E-state index contributed by atoms with van der Waals surface area (Å²) in [6.45, 7) is 0. The Kier molecular flexibility index (Phi) is 1.72. The van der Waals surface area contributed by atoms with E-state index in [-0.39, 0.29) is 6.10 Å². The Balaban J connectivity index is 2.08. The molecule has 0 aromatic carbocycles. The third-order valence-electron chi connectivity index (χ3n) is 3.16. The van der Waals surface area contributed by atoms with Crippen molar-refractivity contribution in [2.24, 2.45) is 11.8 Å². The summed E-state index contributed by atoms with van der Waals surface area (Å²) in [5.41, 5.74) is 0. The molecule has 2 fully saturated rings. The second kappa shape index (κ2) is 2.59. The molecule has 0 aliphatic heterocycles. The minimum absolute atomic E-state index is 0.112. The highest BCUT2D eigenvalue weighted by Crippen LogP contribution is 2.37. The van der Waals surface area contributed by atoms with Crippen molar-refractivity contribution in [1.82, 2.24) is 0 Å². The number of Topliss-reactive ketones (excluding diaryl/α,β-unsaturated/α-hetero) is 1. The third kappa shape index (κ3) is 1.20. The lowest BCUT2D eigenvalue weighted by Gasteiger charge is -2.36. The maximum atomic E-state index is 11.2. The molecule has 2 saturated carbocycles. The normalized spacial score (nSPS) is 44.1. The van der Waals surface area contributed by atoms with E-state index in [0.717, 1.165) is 25.7 Å². The first-order chi connectivity index (χ1) is 5.27. The molecule has 1 N–H and O–H groups in total. The van der Waals surface area contributed by atoms with Gasteiger partial charge in [-0.1, -0.05) is 0 Å². The summed E-state index contributed by atoms with van der Waals surface area (Å²) in [4.78, 5) is 11.2. The van der Waals surface area contributed by atoms with Crippen LogP contribution >= 0.6 is 0 Å². The Morgan fingerprint density at radius 1 is 1.27 bits per heavy atom. The largest absolute Gasteiger partial charge is 0.393 e. The quantitative estimate of drug-likeness (QED) is 0.568. The molecule has 0 saturated heterocycles. The van der Waals surface area contributed by atoms with E-state index in [1.54, 1.807) is 0 Å². The van der Waals surface area contributed by atoms with Crippen LogP contribution in [0.15, 0.2) is 0 Å². The van der Waals surface area contributed by atoms with Gasteiger partial charge in [0.05, 0.1) is 6.10 Å². The summed E-state index contributed by atoms with van der Waals surface area (Å²) in [6.07, 6.45) is 4.26. The standard InChI is InChI=1S/C9H14O2/c10-8-3-1-6-5-7(8)2-4-9(6)11/h6-8,10H,1-5H2/t6-,7-,8?/m0/s1.